The van der Waals surface area contributed by atoms with Gasteiger partial charge in [0.25, 0.3) is 0 Å². The van der Waals surface area contributed by atoms with E-state index in [-0.39, 0.29) is 62.4 Å². The Labute approximate surface area is 480 Å². The lowest BCUT2D eigenvalue weighted by atomic mass is 9.75. The maximum atomic E-state index is 13.6. The lowest BCUT2D eigenvalue weighted by Crippen LogP contribution is -2.57. The van der Waals surface area contributed by atoms with Gasteiger partial charge in [0.05, 0.1) is 36.3 Å². The third-order valence-corrected chi connectivity index (χ3v) is 14.9. The number of carbonyl (C=O) groups excluding carboxylic acids is 10. The molecule has 464 valence electrons. The number of ether oxygens (including phenoxy) is 4. The van der Waals surface area contributed by atoms with Crippen LogP contribution in [0.3, 0.4) is 0 Å². The summed E-state index contributed by atoms with van der Waals surface area (Å²) in [4.78, 5) is 130. The first-order chi connectivity index (χ1) is 36.8. The van der Waals surface area contributed by atoms with Crippen molar-refractivity contribution in [3.8, 4) is 0 Å². The Kier molecular flexibility index (Phi) is 34.6. The zero-order valence-corrected chi connectivity index (χ0v) is 52.7. The Hall–Kier alpha value is -4.91. The van der Waals surface area contributed by atoms with Crippen LogP contribution < -0.4 is 37.2 Å². The number of esters is 2. The van der Waals surface area contributed by atoms with Crippen molar-refractivity contribution < 1.29 is 77.1 Å². The van der Waals surface area contributed by atoms with Gasteiger partial charge in [0.1, 0.15) is 35.4 Å². The molecule has 0 aliphatic carbocycles. The molecule has 0 bridgehead atoms. The summed E-state index contributed by atoms with van der Waals surface area (Å²) in [5.74, 6) is -7.03. The van der Waals surface area contributed by atoms with E-state index in [0.29, 0.717) is 45.4 Å². The van der Waals surface area contributed by atoms with Crippen molar-refractivity contribution in [2.45, 2.75) is 197 Å². The molecule has 0 aromatic rings. The number of aliphatic hydroxyl groups excluding tert-OH is 2. The molecule has 0 rings (SSSR count). The van der Waals surface area contributed by atoms with Crippen molar-refractivity contribution in [3.63, 3.8) is 0 Å². The normalized spacial score (nSPS) is 15.6. The summed E-state index contributed by atoms with van der Waals surface area (Å²) in [6, 6.07) is 0. The molecule has 8 unspecified atom stereocenters. The molecule has 0 fully saturated rings. The van der Waals surface area contributed by atoms with Crippen LogP contribution in [0.4, 0.5) is 0 Å². The summed E-state index contributed by atoms with van der Waals surface area (Å²) in [5.41, 5.74) is -7.03. The van der Waals surface area contributed by atoms with Crippen molar-refractivity contribution in [3.05, 3.63) is 0 Å². The second kappa shape index (κ2) is 35.8. The number of thioether (sulfide) groups is 1. The molecule has 80 heavy (non-hydrogen) atoms. The highest BCUT2D eigenvalue weighted by Gasteiger charge is 2.44. The van der Waals surface area contributed by atoms with E-state index in [1.807, 2.05) is 6.92 Å². The average Bonchev–Trinajstić information content (AvgIpc) is 3.38. The highest BCUT2D eigenvalue weighted by Crippen LogP contribution is 2.37. The fourth-order valence-corrected chi connectivity index (χ4v) is 8.71. The van der Waals surface area contributed by atoms with Crippen molar-refractivity contribution >= 4 is 70.2 Å². The minimum Gasteiger partial charge on any atom is -0.463 e. The van der Waals surface area contributed by atoms with E-state index in [1.165, 1.54) is 35.1 Å². The number of nitrogens with one attached hydrogen (secondary N) is 7. The van der Waals surface area contributed by atoms with Gasteiger partial charge in [-0.25, -0.2) is 0 Å². The number of carbonyl (C=O) groups is 10. The Bertz CT molecular complexity index is 1890. The number of hydrogen-bond donors (Lipinski definition) is 9. The van der Waals surface area contributed by atoms with E-state index in [4.69, 9.17) is 18.9 Å². The second-order valence-corrected chi connectivity index (χ2v) is 24.0. The monoisotopic (exact) mass is 1160 g/mol. The topological polar surface area (TPSA) is 332 Å². The first-order valence-electron chi connectivity index (χ1n) is 27.6. The minimum absolute atomic E-state index is 0.0441. The molecule has 8 atom stereocenters. The first kappa shape index (κ1) is 77.2. The quantitative estimate of drug-likeness (QED) is 0.0321. The fraction of sp³-hybridized carbons (Fsp3) is 0.821. The van der Waals surface area contributed by atoms with E-state index in [2.05, 4.69) is 37.2 Å². The molecule has 0 heterocycles. The lowest BCUT2D eigenvalue weighted by Gasteiger charge is -2.34. The van der Waals surface area contributed by atoms with Crippen LogP contribution in [0.2, 0.25) is 0 Å². The van der Waals surface area contributed by atoms with Crippen molar-refractivity contribution in [1.29, 1.82) is 0 Å². The van der Waals surface area contributed by atoms with Gasteiger partial charge < -0.3 is 66.4 Å². The van der Waals surface area contributed by atoms with Gasteiger partial charge in [-0.15, -0.1) is 0 Å². The van der Waals surface area contributed by atoms with Crippen LogP contribution in [-0.2, 0) is 66.9 Å². The number of aliphatic hydroxyl groups is 2. The third-order valence-electron chi connectivity index (χ3n) is 14.0. The average molecular weight is 1160 g/mol. The molecule has 0 saturated heterocycles. The minimum atomic E-state index is -1.24. The molecule has 0 aromatic heterocycles. The van der Waals surface area contributed by atoms with E-state index in [0.717, 1.165) is 11.8 Å². The van der Waals surface area contributed by atoms with Crippen molar-refractivity contribution in [1.82, 2.24) is 37.2 Å². The molecule has 23 nitrogen and oxygen atoms in total. The summed E-state index contributed by atoms with van der Waals surface area (Å²) < 4.78 is 20.5. The fourth-order valence-electron chi connectivity index (χ4n) is 8.15. The van der Waals surface area contributed by atoms with Crippen LogP contribution in [0.25, 0.3) is 0 Å². The highest BCUT2D eigenvalue weighted by molar-refractivity contribution is 8.13. The van der Waals surface area contributed by atoms with Crippen LogP contribution in [0.15, 0.2) is 0 Å². The highest BCUT2D eigenvalue weighted by atomic mass is 32.2. The van der Waals surface area contributed by atoms with Crippen LogP contribution in [0.5, 0.6) is 0 Å². The van der Waals surface area contributed by atoms with Gasteiger partial charge in [-0.1, -0.05) is 39.5 Å². The van der Waals surface area contributed by atoms with E-state index >= 15 is 0 Å². The zero-order chi connectivity index (χ0) is 62.6. The zero-order valence-electron chi connectivity index (χ0n) is 51.9. The van der Waals surface area contributed by atoms with Crippen LogP contribution >= 0.6 is 11.8 Å². The number of amides is 7. The van der Waals surface area contributed by atoms with Gasteiger partial charge in [-0.2, -0.15) is 0 Å². The Morgan fingerprint density at radius 1 is 0.487 bits per heavy atom. The predicted octanol–water partition coefficient (Wildman–Crippen LogP) is 3.24. The summed E-state index contributed by atoms with van der Waals surface area (Å²) in [5, 5.41) is 37.9. The number of hydrogen-bond acceptors (Lipinski definition) is 17. The van der Waals surface area contributed by atoms with Crippen LogP contribution in [0, 0.1) is 34.5 Å². The molecule has 0 radical (unpaired) electrons. The Balaban J connectivity index is 0. The van der Waals surface area contributed by atoms with Gasteiger partial charge in [0.2, 0.25) is 46.5 Å². The molecular formula is C56H103N7O16S. The molecule has 0 saturated carbocycles. The molecule has 0 aromatic carbocycles. The van der Waals surface area contributed by atoms with Crippen LogP contribution in [-0.4, -0.2) is 170 Å². The number of likely N-dealkylation sites (N-methyl/N-ethyl adjacent to an activating group) is 1. The molecule has 7 amide bonds. The predicted molar refractivity (Wildman–Crippen MR) is 306 cm³/mol. The van der Waals surface area contributed by atoms with Crippen molar-refractivity contribution in [2.24, 2.45) is 34.5 Å². The van der Waals surface area contributed by atoms with E-state index in [1.54, 1.807) is 96.3 Å². The SMILES string of the molecule is CCC(CC(CC(C)(CC)C(=O)OCC(C)O)C(=O)NC(C)(C)C(=O)NC)C(=O)NC(C)(C)C(=O)NCCOC.CCC(CC(CC(C)(CC)C(=O)OCC(C)O)C(=O)NC(C)(C)C(=O)SC)C(=O)NC(C)(C)C(=O)NCCOC. The molecule has 0 aliphatic heterocycles. The molecular weight excluding hydrogens is 1060 g/mol. The molecule has 9 N–H and O–H groups in total. The van der Waals surface area contributed by atoms with Gasteiger partial charge in [-0.05, 0) is 141 Å². The maximum absolute atomic E-state index is 13.6. The first-order valence-corrected chi connectivity index (χ1v) is 28.9. The van der Waals surface area contributed by atoms with E-state index in [9.17, 15) is 58.2 Å². The largest absolute Gasteiger partial charge is 0.463 e. The van der Waals surface area contributed by atoms with Gasteiger partial charge in [0.15, 0.2) is 0 Å². The number of methoxy groups -OCH3 is 2. The molecule has 24 heteroatoms. The number of rotatable bonds is 36. The van der Waals surface area contributed by atoms with Gasteiger partial charge in [0, 0.05) is 58.0 Å². The smallest absolute Gasteiger partial charge is 0.311 e. The standard InChI is InChI=1S/C28H52N4O8.C28H51N3O8S/c1-11-19(21(34)31-27(6,7)24(37)30-13-14-39-10)15-20(22(35)32-26(4,5)23(36)29-9)16-28(8,12-2)25(38)40-17-18(3)33;1-11-19(21(33)30-26(4,5)23(35)29-13-14-38-9)15-20(22(34)31-27(6,7)25(37)40-10)16-28(8,12-2)24(36)39-17-18(3)32/h18-20,33H,11-17H2,1-10H3,(H,29,36)(H,30,37)(H,31,34)(H,32,35);18-20,32H,11-17H2,1-10H3,(H,29,35)(H,30,33)(H,31,34). The van der Waals surface area contributed by atoms with Gasteiger partial charge >= 0.3 is 11.9 Å². The molecule has 0 spiro atoms. The van der Waals surface area contributed by atoms with Crippen LogP contribution in [0.1, 0.15) is 162 Å². The summed E-state index contributed by atoms with van der Waals surface area (Å²) in [7, 11) is 4.50. The Morgan fingerprint density at radius 3 is 1.05 bits per heavy atom. The summed E-state index contributed by atoms with van der Waals surface area (Å²) in [6.45, 7) is 27.1. The lowest BCUT2D eigenvalue weighted by molar-refractivity contribution is -0.160. The molecule has 0 aliphatic rings. The maximum Gasteiger partial charge on any atom is 0.311 e. The van der Waals surface area contributed by atoms with Crippen molar-refractivity contribution in [2.75, 3.05) is 67.0 Å². The summed E-state index contributed by atoms with van der Waals surface area (Å²) >= 11 is 0.995. The summed E-state index contributed by atoms with van der Waals surface area (Å²) in [6.07, 6.45) is 1.62. The van der Waals surface area contributed by atoms with E-state index < -0.39 is 110 Å². The second-order valence-electron chi connectivity index (χ2n) is 23.2. The van der Waals surface area contributed by atoms with Gasteiger partial charge in [-0.3, -0.25) is 47.9 Å². The third kappa shape index (κ3) is 26.8. The Morgan fingerprint density at radius 2 is 0.787 bits per heavy atom.